The predicted molar refractivity (Wildman–Crippen MR) is 94.5 cm³/mol. The first kappa shape index (κ1) is 17.1. The normalized spacial score (nSPS) is 21.0. The van der Waals surface area contributed by atoms with Crippen molar-refractivity contribution in [2.45, 2.75) is 13.0 Å². The van der Waals surface area contributed by atoms with Crippen LogP contribution in [0.25, 0.3) is 0 Å². The van der Waals surface area contributed by atoms with Gasteiger partial charge in [-0.1, -0.05) is 11.6 Å². The molecule has 0 bridgehead atoms. The number of amides is 2. The number of aryl methyl sites for hydroxylation is 1. The van der Waals surface area contributed by atoms with Gasteiger partial charge in [0.05, 0.1) is 18.7 Å². The minimum atomic E-state index is -0.0749. The molecule has 1 unspecified atom stereocenters. The monoisotopic (exact) mass is 349 g/mol. The van der Waals surface area contributed by atoms with Crippen molar-refractivity contribution in [2.24, 2.45) is 0 Å². The van der Waals surface area contributed by atoms with E-state index in [1.165, 1.54) is 0 Å². The van der Waals surface area contributed by atoms with Gasteiger partial charge < -0.3 is 14.5 Å². The van der Waals surface area contributed by atoms with E-state index in [-0.39, 0.29) is 17.9 Å². The average Bonchev–Trinajstić information content (AvgIpc) is 3.15. The third-order valence-corrected chi connectivity index (χ3v) is 5.42. The number of hydrogen-bond donors (Lipinski definition) is 1. The summed E-state index contributed by atoms with van der Waals surface area (Å²) in [5.41, 5.74) is 1.61. The van der Waals surface area contributed by atoms with E-state index in [1.807, 2.05) is 30.0 Å². The Labute approximate surface area is 146 Å². The Kier molecular flexibility index (Phi) is 5.30. The van der Waals surface area contributed by atoms with Gasteiger partial charge in [0.1, 0.15) is 5.75 Å². The fraction of sp³-hybridized carbons (Fsp3) is 0.529. The summed E-state index contributed by atoms with van der Waals surface area (Å²) in [7, 11) is 1.57. The summed E-state index contributed by atoms with van der Waals surface area (Å²) >= 11 is 1.75. The third-order valence-electron chi connectivity index (χ3n) is 4.48. The molecule has 2 saturated heterocycles. The average molecular weight is 349 g/mol. The van der Waals surface area contributed by atoms with E-state index < -0.39 is 0 Å². The van der Waals surface area contributed by atoms with Crippen LogP contribution in [-0.2, 0) is 4.79 Å². The minimum absolute atomic E-state index is 0.0304. The maximum Gasteiger partial charge on any atom is 0.257 e. The first-order valence-electron chi connectivity index (χ1n) is 8.14. The van der Waals surface area contributed by atoms with Crippen molar-refractivity contribution in [3.8, 4) is 5.75 Å². The molecule has 24 heavy (non-hydrogen) atoms. The number of piperazine rings is 1. The van der Waals surface area contributed by atoms with Gasteiger partial charge in [-0.05, 0) is 19.1 Å². The summed E-state index contributed by atoms with van der Waals surface area (Å²) in [6, 6.07) is 5.54. The van der Waals surface area contributed by atoms with Crippen molar-refractivity contribution >= 4 is 23.6 Å². The summed E-state index contributed by atoms with van der Waals surface area (Å²) in [5, 5.41) is 3.21. The topological polar surface area (TPSA) is 61.9 Å². The van der Waals surface area contributed by atoms with Crippen LogP contribution in [0.1, 0.15) is 15.9 Å². The molecule has 6 nitrogen and oxygen atoms in total. The number of rotatable bonds is 3. The number of benzene rings is 1. The molecule has 130 valence electrons. The van der Waals surface area contributed by atoms with Crippen molar-refractivity contribution in [3.05, 3.63) is 29.3 Å². The Morgan fingerprint density at radius 1 is 1.21 bits per heavy atom. The van der Waals surface area contributed by atoms with Crippen LogP contribution in [-0.4, -0.2) is 72.6 Å². The van der Waals surface area contributed by atoms with Gasteiger partial charge in [0.2, 0.25) is 5.91 Å². The van der Waals surface area contributed by atoms with Crippen molar-refractivity contribution in [1.29, 1.82) is 0 Å². The van der Waals surface area contributed by atoms with Crippen LogP contribution in [0.5, 0.6) is 5.75 Å². The second kappa shape index (κ2) is 7.44. The highest BCUT2D eigenvalue weighted by atomic mass is 32.2. The van der Waals surface area contributed by atoms with Gasteiger partial charge >= 0.3 is 0 Å². The lowest BCUT2D eigenvalue weighted by atomic mass is 10.1. The highest BCUT2D eigenvalue weighted by molar-refractivity contribution is 7.99. The van der Waals surface area contributed by atoms with Crippen LogP contribution in [0.4, 0.5) is 0 Å². The SMILES string of the molecule is COc1ccc(C)cc1C(=O)N1CCN(C(=O)C2CSCN2)CC1. The molecule has 0 spiro atoms. The first-order valence-corrected chi connectivity index (χ1v) is 9.29. The molecule has 1 aromatic carbocycles. The molecule has 0 radical (unpaired) electrons. The van der Waals surface area contributed by atoms with Crippen molar-refractivity contribution in [1.82, 2.24) is 15.1 Å². The Morgan fingerprint density at radius 3 is 2.54 bits per heavy atom. The third kappa shape index (κ3) is 3.52. The van der Waals surface area contributed by atoms with Gasteiger partial charge in [0, 0.05) is 37.8 Å². The molecule has 2 fully saturated rings. The number of ether oxygens (including phenoxy) is 1. The van der Waals surface area contributed by atoms with Gasteiger partial charge in [0.15, 0.2) is 0 Å². The van der Waals surface area contributed by atoms with Crippen LogP contribution >= 0.6 is 11.8 Å². The fourth-order valence-electron chi connectivity index (χ4n) is 3.06. The van der Waals surface area contributed by atoms with Gasteiger partial charge in [-0.2, -0.15) is 0 Å². The molecular weight excluding hydrogens is 326 g/mol. The molecule has 1 atom stereocenters. The van der Waals surface area contributed by atoms with E-state index in [9.17, 15) is 9.59 Å². The molecule has 1 N–H and O–H groups in total. The zero-order chi connectivity index (χ0) is 17.1. The number of nitrogens with zero attached hydrogens (tertiary/aromatic N) is 2. The summed E-state index contributed by atoms with van der Waals surface area (Å²) in [6.45, 7) is 4.24. The zero-order valence-corrected chi connectivity index (χ0v) is 14.9. The molecular formula is C17H23N3O3S. The molecule has 0 aromatic heterocycles. The van der Waals surface area contributed by atoms with Gasteiger partial charge in [-0.25, -0.2) is 0 Å². The van der Waals surface area contributed by atoms with Gasteiger partial charge in [-0.15, -0.1) is 11.8 Å². The lowest BCUT2D eigenvalue weighted by Gasteiger charge is -2.36. The van der Waals surface area contributed by atoms with Crippen LogP contribution in [0.2, 0.25) is 0 Å². The van der Waals surface area contributed by atoms with Crippen molar-refractivity contribution in [2.75, 3.05) is 44.9 Å². The molecule has 2 amide bonds. The maximum atomic E-state index is 12.8. The molecule has 0 aliphatic carbocycles. The number of thioether (sulfide) groups is 1. The van der Waals surface area contributed by atoms with Gasteiger partial charge in [-0.3, -0.25) is 14.9 Å². The second-order valence-electron chi connectivity index (χ2n) is 6.09. The van der Waals surface area contributed by atoms with E-state index >= 15 is 0 Å². The number of nitrogens with one attached hydrogen (secondary N) is 1. The molecule has 2 aliphatic heterocycles. The smallest absolute Gasteiger partial charge is 0.257 e. The zero-order valence-electron chi connectivity index (χ0n) is 14.1. The van der Waals surface area contributed by atoms with E-state index in [4.69, 9.17) is 4.74 Å². The number of carbonyl (C=O) groups excluding carboxylic acids is 2. The summed E-state index contributed by atoms with van der Waals surface area (Å²) in [4.78, 5) is 28.9. The fourth-order valence-corrected chi connectivity index (χ4v) is 4.00. The predicted octanol–water partition coefficient (Wildman–Crippen LogP) is 0.951. The highest BCUT2D eigenvalue weighted by Crippen LogP contribution is 2.22. The van der Waals surface area contributed by atoms with E-state index in [0.717, 1.165) is 17.2 Å². The molecule has 2 heterocycles. The molecule has 0 saturated carbocycles. The largest absolute Gasteiger partial charge is 0.496 e. The van der Waals surface area contributed by atoms with E-state index in [1.54, 1.807) is 23.8 Å². The Bertz CT molecular complexity index is 624. The number of carbonyl (C=O) groups is 2. The van der Waals surface area contributed by atoms with E-state index in [0.29, 0.717) is 37.5 Å². The van der Waals surface area contributed by atoms with Crippen LogP contribution in [0, 0.1) is 6.92 Å². The summed E-state index contributed by atoms with van der Waals surface area (Å²) in [6.07, 6.45) is 0. The standard InChI is InChI=1S/C17H23N3O3S/c1-12-3-4-15(23-2)13(9-12)16(21)19-5-7-20(8-6-19)17(22)14-10-24-11-18-14/h3-4,9,14,18H,5-8,10-11H2,1-2H3. The molecule has 7 heteroatoms. The van der Waals surface area contributed by atoms with Crippen molar-refractivity contribution in [3.63, 3.8) is 0 Å². The summed E-state index contributed by atoms with van der Waals surface area (Å²) in [5.74, 6) is 2.38. The summed E-state index contributed by atoms with van der Waals surface area (Å²) < 4.78 is 5.32. The second-order valence-corrected chi connectivity index (χ2v) is 7.12. The van der Waals surface area contributed by atoms with Gasteiger partial charge in [0.25, 0.3) is 5.91 Å². The maximum absolute atomic E-state index is 12.8. The van der Waals surface area contributed by atoms with Crippen molar-refractivity contribution < 1.29 is 14.3 Å². The lowest BCUT2D eigenvalue weighted by Crippen LogP contribution is -2.54. The Morgan fingerprint density at radius 2 is 1.92 bits per heavy atom. The highest BCUT2D eigenvalue weighted by Gasteiger charge is 2.31. The Balaban J connectivity index is 1.63. The van der Waals surface area contributed by atoms with Crippen LogP contribution < -0.4 is 10.1 Å². The Hall–Kier alpha value is -1.73. The molecule has 1 aromatic rings. The molecule has 2 aliphatic rings. The quantitative estimate of drug-likeness (QED) is 0.880. The number of methoxy groups -OCH3 is 1. The minimum Gasteiger partial charge on any atom is -0.496 e. The number of hydrogen-bond acceptors (Lipinski definition) is 5. The van der Waals surface area contributed by atoms with Crippen LogP contribution in [0.15, 0.2) is 18.2 Å². The first-order chi connectivity index (χ1) is 11.6. The van der Waals surface area contributed by atoms with Crippen LogP contribution in [0.3, 0.4) is 0 Å². The molecule has 3 rings (SSSR count). The lowest BCUT2D eigenvalue weighted by molar-refractivity contribution is -0.134. The van der Waals surface area contributed by atoms with E-state index in [2.05, 4.69) is 5.32 Å².